The normalized spacial score (nSPS) is 26.0. The minimum absolute atomic E-state index is 0.231. The summed E-state index contributed by atoms with van der Waals surface area (Å²) in [5.74, 6) is -0.462. The van der Waals surface area contributed by atoms with E-state index in [-0.39, 0.29) is 11.8 Å². The van der Waals surface area contributed by atoms with E-state index < -0.39 is 0 Å². The van der Waals surface area contributed by atoms with Crippen LogP contribution in [0.25, 0.3) is 0 Å². The molecule has 0 aromatic rings. The van der Waals surface area contributed by atoms with Crippen LogP contribution >= 0.6 is 23.5 Å². The number of amides is 2. The lowest BCUT2D eigenvalue weighted by molar-refractivity contribution is -0.118. The molecular weight excluding hydrogens is 220 g/mol. The van der Waals surface area contributed by atoms with Crippen LogP contribution in [-0.2, 0) is 9.59 Å². The van der Waals surface area contributed by atoms with E-state index in [4.69, 9.17) is 0 Å². The highest BCUT2D eigenvalue weighted by Gasteiger charge is 2.23. The van der Waals surface area contributed by atoms with Crippen LogP contribution in [0.4, 0.5) is 0 Å². The van der Waals surface area contributed by atoms with Crippen molar-refractivity contribution in [2.45, 2.75) is 0 Å². The molecule has 6 heteroatoms. The predicted octanol–water partition coefficient (Wildman–Crippen LogP) is 0.866. The molecule has 0 aromatic carbocycles. The van der Waals surface area contributed by atoms with Gasteiger partial charge in [-0.1, -0.05) is 23.5 Å². The number of carbonyl (C=O) groups excluding carboxylic acids is 2. The lowest BCUT2D eigenvalue weighted by Crippen LogP contribution is -2.27. The van der Waals surface area contributed by atoms with Crippen LogP contribution in [-0.4, -0.2) is 11.8 Å². The third-order valence-corrected chi connectivity index (χ3v) is 3.48. The van der Waals surface area contributed by atoms with Crippen molar-refractivity contribution >= 4 is 35.3 Å². The summed E-state index contributed by atoms with van der Waals surface area (Å²) in [6.45, 7) is 0. The van der Waals surface area contributed by atoms with Crippen molar-refractivity contribution in [3.8, 4) is 0 Å². The van der Waals surface area contributed by atoms with Crippen molar-refractivity contribution in [3.05, 3.63) is 33.0 Å². The quantitative estimate of drug-likeness (QED) is 0.602. The Morgan fingerprint density at radius 3 is 1.64 bits per heavy atom. The van der Waals surface area contributed by atoms with E-state index in [0.29, 0.717) is 9.81 Å². The zero-order chi connectivity index (χ0) is 9.97. The molecule has 0 spiro atoms. The highest BCUT2D eigenvalue weighted by atomic mass is 32.2. The van der Waals surface area contributed by atoms with Crippen molar-refractivity contribution in [2.75, 3.05) is 0 Å². The van der Waals surface area contributed by atoms with Crippen molar-refractivity contribution < 1.29 is 9.59 Å². The Labute approximate surface area is 88.9 Å². The van der Waals surface area contributed by atoms with Gasteiger partial charge >= 0.3 is 0 Å². The molecule has 0 saturated heterocycles. The van der Waals surface area contributed by atoms with Crippen LogP contribution in [0.2, 0.25) is 0 Å². The topological polar surface area (TPSA) is 58.2 Å². The highest BCUT2D eigenvalue weighted by molar-refractivity contribution is 8.10. The smallest absolute Gasteiger partial charge is 0.263 e. The minimum atomic E-state index is -0.231. The van der Waals surface area contributed by atoms with E-state index in [9.17, 15) is 9.59 Å². The van der Waals surface area contributed by atoms with E-state index in [1.54, 1.807) is 23.2 Å². The Bertz CT molecular complexity index is 349. The first kappa shape index (κ1) is 9.42. The standard InChI is InChI=1S/C8H6N2O2S2/c11-7-5(13-3-1-9-7)6-8(12)10-2-4-14-6/h1-4H,(H,9,11)(H,10,12). The van der Waals surface area contributed by atoms with Crippen molar-refractivity contribution in [1.82, 2.24) is 10.6 Å². The number of rotatable bonds is 0. The van der Waals surface area contributed by atoms with Crippen LogP contribution in [0, 0.1) is 0 Å². The number of carbonyl (C=O) groups is 2. The first-order chi connectivity index (χ1) is 6.79. The molecule has 0 unspecified atom stereocenters. The van der Waals surface area contributed by atoms with Crippen molar-refractivity contribution in [3.63, 3.8) is 0 Å². The summed E-state index contributed by atoms with van der Waals surface area (Å²) in [7, 11) is 0. The second kappa shape index (κ2) is 3.93. The lowest BCUT2D eigenvalue weighted by Gasteiger charge is -2.14. The number of thioether (sulfide) groups is 2. The van der Waals surface area contributed by atoms with Crippen LogP contribution in [0.1, 0.15) is 0 Å². The van der Waals surface area contributed by atoms with Gasteiger partial charge in [-0.05, 0) is 10.8 Å². The summed E-state index contributed by atoms with van der Waals surface area (Å²) in [6.07, 6.45) is 3.11. The second-order valence-electron chi connectivity index (χ2n) is 2.45. The van der Waals surface area contributed by atoms with Gasteiger partial charge in [0.2, 0.25) is 0 Å². The first-order valence-corrected chi connectivity index (χ1v) is 5.54. The van der Waals surface area contributed by atoms with Crippen molar-refractivity contribution in [1.29, 1.82) is 0 Å². The fourth-order valence-electron chi connectivity index (χ4n) is 0.975. The molecule has 0 aliphatic carbocycles. The summed E-state index contributed by atoms with van der Waals surface area (Å²) in [4.78, 5) is 23.6. The minimum Gasteiger partial charge on any atom is -0.328 e. The molecule has 0 bridgehead atoms. The molecule has 0 aromatic heterocycles. The van der Waals surface area contributed by atoms with E-state index in [2.05, 4.69) is 10.6 Å². The molecule has 2 amide bonds. The summed E-state index contributed by atoms with van der Waals surface area (Å²) in [6, 6.07) is 0. The zero-order valence-corrected chi connectivity index (χ0v) is 8.58. The molecular formula is C8H6N2O2S2. The van der Waals surface area contributed by atoms with Gasteiger partial charge in [-0.15, -0.1) is 0 Å². The maximum Gasteiger partial charge on any atom is 0.263 e. The monoisotopic (exact) mass is 226 g/mol. The molecule has 0 atom stereocenters. The molecule has 2 N–H and O–H groups in total. The van der Waals surface area contributed by atoms with Crippen LogP contribution < -0.4 is 10.6 Å². The fraction of sp³-hybridized carbons (Fsp3) is 0. The number of nitrogens with one attached hydrogen (secondary N) is 2. The Kier molecular flexibility index (Phi) is 2.64. The maximum atomic E-state index is 11.4. The Hall–Kier alpha value is -1.14. The predicted molar refractivity (Wildman–Crippen MR) is 56.8 cm³/mol. The third-order valence-electron chi connectivity index (χ3n) is 1.56. The maximum absolute atomic E-state index is 11.4. The molecule has 2 heterocycles. The van der Waals surface area contributed by atoms with Crippen LogP contribution in [0.3, 0.4) is 0 Å². The third kappa shape index (κ3) is 1.71. The SMILES string of the molecule is O=C1NC=CSC1=C1SC=CNC1=O. The van der Waals surface area contributed by atoms with Gasteiger partial charge in [0.05, 0.1) is 9.81 Å². The summed E-state index contributed by atoms with van der Waals surface area (Å²) in [5, 5.41) is 8.53. The molecule has 0 radical (unpaired) electrons. The second-order valence-corrected chi connectivity index (χ2v) is 4.28. The average molecular weight is 226 g/mol. The Morgan fingerprint density at radius 1 is 0.857 bits per heavy atom. The summed E-state index contributed by atoms with van der Waals surface area (Å²) in [5.41, 5.74) is 0. The van der Waals surface area contributed by atoms with Crippen LogP contribution in [0.15, 0.2) is 33.0 Å². The van der Waals surface area contributed by atoms with E-state index >= 15 is 0 Å². The average Bonchev–Trinajstić information content (AvgIpc) is 2.20. The van der Waals surface area contributed by atoms with Gasteiger partial charge in [0.15, 0.2) is 0 Å². The van der Waals surface area contributed by atoms with Crippen LogP contribution in [0.5, 0.6) is 0 Å². The number of hydrogen-bond donors (Lipinski definition) is 2. The molecule has 0 fully saturated rings. The summed E-state index contributed by atoms with van der Waals surface area (Å²) < 4.78 is 0. The number of hydrogen-bond acceptors (Lipinski definition) is 4. The lowest BCUT2D eigenvalue weighted by atomic mass is 10.4. The Morgan fingerprint density at radius 2 is 1.29 bits per heavy atom. The van der Waals surface area contributed by atoms with Gasteiger partial charge in [0.25, 0.3) is 11.8 Å². The van der Waals surface area contributed by atoms with E-state index in [0.717, 1.165) is 0 Å². The van der Waals surface area contributed by atoms with Crippen molar-refractivity contribution in [2.24, 2.45) is 0 Å². The molecule has 4 nitrogen and oxygen atoms in total. The van der Waals surface area contributed by atoms with Gasteiger partial charge < -0.3 is 10.6 Å². The highest BCUT2D eigenvalue weighted by Crippen LogP contribution is 2.32. The van der Waals surface area contributed by atoms with Gasteiger partial charge in [-0.3, -0.25) is 9.59 Å². The molecule has 2 aliphatic rings. The van der Waals surface area contributed by atoms with E-state index in [1.807, 2.05) is 0 Å². The Balaban J connectivity index is 2.38. The summed E-state index contributed by atoms with van der Waals surface area (Å²) >= 11 is 2.51. The van der Waals surface area contributed by atoms with E-state index in [1.165, 1.54) is 23.5 Å². The fourth-order valence-corrected chi connectivity index (χ4v) is 2.54. The van der Waals surface area contributed by atoms with Gasteiger partial charge in [-0.25, -0.2) is 0 Å². The molecule has 72 valence electrons. The van der Waals surface area contributed by atoms with Gasteiger partial charge in [0.1, 0.15) is 0 Å². The molecule has 2 aliphatic heterocycles. The molecule has 2 rings (SSSR count). The zero-order valence-electron chi connectivity index (χ0n) is 6.94. The van der Waals surface area contributed by atoms with Gasteiger partial charge in [-0.2, -0.15) is 0 Å². The first-order valence-electron chi connectivity index (χ1n) is 3.78. The molecule has 14 heavy (non-hydrogen) atoms. The largest absolute Gasteiger partial charge is 0.328 e. The van der Waals surface area contributed by atoms with Gasteiger partial charge in [0, 0.05) is 12.4 Å². The molecule has 0 saturated carbocycles.